The van der Waals surface area contributed by atoms with Crippen LogP contribution in [0.2, 0.25) is 5.02 Å². The summed E-state index contributed by atoms with van der Waals surface area (Å²) < 4.78 is 5.53. The summed E-state index contributed by atoms with van der Waals surface area (Å²) in [5.41, 5.74) is -0.480. The molecule has 1 saturated heterocycles. The molecule has 25 heavy (non-hydrogen) atoms. The number of H-pyrrole nitrogens is 1. The molecule has 134 valence electrons. The SMILES string of the molecule is C#CC1(NC(=O)O[C@@H]2CCN(c3cn[nH]c(=O)c3Cl)C2)CCCCC1. The van der Waals surface area contributed by atoms with Crippen LogP contribution in [-0.2, 0) is 4.74 Å². The van der Waals surface area contributed by atoms with E-state index in [2.05, 4.69) is 21.4 Å². The number of aromatic nitrogens is 2. The Kier molecular flexibility index (Phi) is 5.19. The smallest absolute Gasteiger partial charge is 0.408 e. The Hall–Kier alpha value is -2.20. The number of ether oxygens (including phenoxy) is 1. The molecule has 1 aliphatic heterocycles. The van der Waals surface area contributed by atoms with Crippen LogP contribution >= 0.6 is 11.6 Å². The van der Waals surface area contributed by atoms with Crippen LogP contribution in [0.3, 0.4) is 0 Å². The second-order valence-electron chi connectivity index (χ2n) is 6.57. The van der Waals surface area contributed by atoms with Crippen LogP contribution in [0, 0.1) is 12.3 Å². The predicted molar refractivity (Wildman–Crippen MR) is 94.8 cm³/mol. The third kappa shape index (κ3) is 3.90. The van der Waals surface area contributed by atoms with Gasteiger partial charge in [-0.1, -0.05) is 36.8 Å². The van der Waals surface area contributed by atoms with Gasteiger partial charge in [-0.25, -0.2) is 9.89 Å². The fraction of sp³-hybridized carbons (Fsp3) is 0.588. The number of rotatable bonds is 3. The van der Waals surface area contributed by atoms with Crippen molar-refractivity contribution in [3.8, 4) is 12.3 Å². The summed E-state index contributed by atoms with van der Waals surface area (Å²) in [6.07, 6.45) is 11.8. The zero-order valence-corrected chi connectivity index (χ0v) is 14.6. The Labute approximate surface area is 151 Å². The molecule has 0 spiro atoms. The number of amides is 1. The van der Waals surface area contributed by atoms with Crippen molar-refractivity contribution in [2.24, 2.45) is 0 Å². The average Bonchev–Trinajstić information content (AvgIpc) is 3.06. The van der Waals surface area contributed by atoms with E-state index >= 15 is 0 Å². The fourth-order valence-corrected chi connectivity index (χ4v) is 3.69. The highest BCUT2D eigenvalue weighted by Crippen LogP contribution is 2.28. The molecule has 7 nitrogen and oxygen atoms in total. The van der Waals surface area contributed by atoms with Crippen molar-refractivity contribution in [1.82, 2.24) is 15.5 Å². The van der Waals surface area contributed by atoms with Gasteiger partial charge in [0.15, 0.2) is 0 Å². The van der Waals surface area contributed by atoms with Gasteiger partial charge in [0.25, 0.3) is 5.56 Å². The summed E-state index contributed by atoms with van der Waals surface area (Å²) in [5.74, 6) is 2.74. The minimum absolute atomic E-state index is 0.0913. The molecule has 1 amide bonds. The van der Waals surface area contributed by atoms with E-state index in [0.29, 0.717) is 25.2 Å². The molecule has 0 bridgehead atoms. The molecule has 0 aromatic carbocycles. The van der Waals surface area contributed by atoms with Gasteiger partial charge < -0.3 is 15.0 Å². The van der Waals surface area contributed by atoms with E-state index in [9.17, 15) is 9.59 Å². The van der Waals surface area contributed by atoms with E-state index < -0.39 is 17.2 Å². The highest BCUT2D eigenvalue weighted by atomic mass is 35.5. The number of carbonyl (C=O) groups is 1. The molecular weight excluding hydrogens is 344 g/mol. The van der Waals surface area contributed by atoms with Crippen molar-refractivity contribution in [1.29, 1.82) is 0 Å². The average molecular weight is 365 g/mol. The van der Waals surface area contributed by atoms with Gasteiger partial charge in [-0.3, -0.25) is 4.79 Å². The maximum absolute atomic E-state index is 12.3. The molecule has 3 rings (SSSR count). The van der Waals surface area contributed by atoms with Crippen LogP contribution in [0.4, 0.5) is 10.5 Å². The number of nitrogens with zero attached hydrogens (tertiary/aromatic N) is 2. The van der Waals surface area contributed by atoms with Gasteiger partial charge in [0.1, 0.15) is 16.7 Å². The molecule has 2 aliphatic rings. The van der Waals surface area contributed by atoms with Crippen LogP contribution in [0.15, 0.2) is 11.0 Å². The van der Waals surface area contributed by atoms with Gasteiger partial charge >= 0.3 is 6.09 Å². The van der Waals surface area contributed by atoms with E-state index in [0.717, 1.165) is 32.1 Å². The Morgan fingerprint density at radius 1 is 1.48 bits per heavy atom. The molecular formula is C17H21ClN4O3. The zero-order chi connectivity index (χ0) is 17.9. The summed E-state index contributed by atoms with van der Waals surface area (Å²) in [7, 11) is 0. The molecule has 1 saturated carbocycles. The third-order valence-corrected chi connectivity index (χ3v) is 5.23. The molecule has 1 atom stereocenters. The molecule has 1 aromatic rings. The Morgan fingerprint density at radius 3 is 2.96 bits per heavy atom. The fourth-order valence-electron chi connectivity index (χ4n) is 3.47. The minimum Gasteiger partial charge on any atom is -0.444 e. The first-order valence-electron chi connectivity index (χ1n) is 8.48. The quantitative estimate of drug-likeness (QED) is 0.802. The number of nitrogens with one attached hydrogen (secondary N) is 2. The largest absolute Gasteiger partial charge is 0.444 e. The lowest BCUT2D eigenvalue weighted by atomic mass is 9.82. The molecule has 1 aromatic heterocycles. The third-order valence-electron chi connectivity index (χ3n) is 4.86. The van der Waals surface area contributed by atoms with Gasteiger partial charge in [-0.05, 0) is 12.8 Å². The van der Waals surface area contributed by atoms with Crippen molar-refractivity contribution in [2.75, 3.05) is 18.0 Å². The lowest BCUT2D eigenvalue weighted by Gasteiger charge is -2.33. The topological polar surface area (TPSA) is 87.3 Å². The summed E-state index contributed by atoms with van der Waals surface area (Å²) in [6, 6.07) is 0. The van der Waals surface area contributed by atoms with E-state index in [-0.39, 0.29) is 11.1 Å². The monoisotopic (exact) mass is 364 g/mol. The maximum atomic E-state index is 12.3. The Bertz CT molecular complexity index is 736. The van der Waals surface area contributed by atoms with Gasteiger partial charge in [0.05, 0.1) is 18.4 Å². The highest BCUT2D eigenvalue weighted by molar-refractivity contribution is 6.33. The van der Waals surface area contributed by atoms with Gasteiger partial charge in [-0.15, -0.1) is 6.42 Å². The number of anilines is 1. The summed E-state index contributed by atoms with van der Waals surface area (Å²) in [5, 5.41) is 9.02. The number of aromatic amines is 1. The van der Waals surface area contributed by atoms with E-state index in [1.807, 2.05) is 4.90 Å². The standard InChI is InChI=1S/C17H21ClN4O3/c1-2-17(7-4-3-5-8-17)20-16(24)25-12-6-9-22(11-12)13-10-19-21-15(23)14(13)18/h1,10,12H,3-9,11H2,(H,20,24)(H,21,23)/t12-/m1/s1. The van der Waals surface area contributed by atoms with Gasteiger partial charge in [-0.2, -0.15) is 5.10 Å². The first-order valence-corrected chi connectivity index (χ1v) is 8.85. The van der Waals surface area contributed by atoms with Crippen LogP contribution in [0.5, 0.6) is 0 Å². The molecule has 2 heterocycles. The number of halogens is 1. The van der Waals surface area contributed by atoms with Crippen molar-refractivity contribution < 1.29 is 9.53 Å². The van der Waals surface area contributed by atoms with Crippen LogP contribution < -0.4 is 15.8 Å². The van der Waals surface area contributed by atoms with Gasteiger partial charge in [0, 0.05) is 13.0 Å². The molecule has 2 fully saturated rings. The number of hydrogen-bond acceptors (Lipinski definition) is 5. The van der Waals surface area contributed by atoms with Crippen LogP contribution in [-0.4, -0.2) is 41.0 Å². The number of terminal acetylenes is 1. The molecule has 0 radical (unpaired) electrons. The highest BCUT2D eigenvalue weighted by Gasteiger charge is 2.34. The van der Waals surface area contributed by atoms with Crippen molar-refractivity contribution in [3.05, 3.63) is 21.6 Å². The van der Waals surface area contributed by atoms with E-state index in [4.69, 9.17) is 22.8 Å². The second kappa shape index (κ2) is 7.36. The zero-order valence-electron chi connectivity index (χ0n) is 13.9. The number of hydrogen-bond donors (Lipinski definition) is 2. The molecule has 2 N–H and O–H groups in total. The number of alkyl carbamates (subject to hydrolysis) is 1. The predicted octanol–water partition coefficient (Wildman–Crippen LogP) is 2.06. The minimum atomic E-state index is -0.590. The Morgan fingerprint density at radius 2 is 2.24 bits per heavy atom. The summed E-state index contributed by atoms with van der Waals surface area (Å²) >= 11 is 6.02. The lowest BCUT2D eigenvalue weighted by molar-refractivity contribution is 0.0980. The van der Waals surface area contributed by atoms with Crippen LogP contribution in [0.1, 0.15) is 38.5 Å². The summed E-state index contributed by atoms with van der Waals surface area (Å²) in [4.78, 5) is 25.7. The normalized spacial score (nSPS) is 22.2. The van der Waals surface area contributed by atoms with Gasteiger partial charge in [0.2, 0.25) is 0 Å². The first-order chi connectivity index (χ1) is 12.0. The van der Waals surface area contributed by atoms with E-state index in [1.165, 1.54) is 6.20 Å². The lowest BCUT2D eigenvalue weighted by Crippen LogP contribution is -2.49. The maximum Gasteiger partial charge on any atom is 0.408 e. The second-order valence-corrected chi connectivity index (χ2v) is 6.95. The molecule has 1 aliphatic carbocycles. The van der Waals surface area contributed by atoms with Crippen LogP contribution in [0.25, 0.3) is 0 Å². The van der Waals surface area contributed by atoms with Crippen molar-refractivity contribution >= 4 is 23.4 Å². The summed E-state index contributed by atoms with van der Waals surface area (Å²) in [6.45, 7) is 1.09. The number of carbonyl (C=O) groups excluding carboxylic acids is 1. The van der Waals surface area contributed by atoms with Crippen molar-refractivity contribution in [3.63, 3.8) is 0 Å². The molecule has 8 heteroatoms. The van der Waals surface area contributed by atoms with Crippen molar-refractivity contribution in [2.45, 2.75) is 50.2 Å². The van der Waals surface area contributed by atoms with E-state index in [1.54, 1.807) is 0 Å². The Balaban J connectivity index is 1.58. The first kappa shape index (κ1) is 17.6. The molecule has 0 unspecified atom stereocenters.